The molecule has 0 unspecified atom stereocenters. The normalized spacial score (nSPS) is 14.8. The molecular formula is C16H20ClN5OS. The van der Waals surface area contributed by atoms with E-state index in [1.54, 1.807) is 12.1 Å². The zero-order valence-corrected chi connectivity index (χ0v) is 15.6. The van der Waals surface area contributed by atoms with Gasteiger partial charge in [-0.05, 0) is 19.1 Å². The topological polar surface area (TPSA) is 52.6 Å². The van der Waals surface area contributed by atoms with E-state index in [9.17, 15) is 4.79 Å². The lowest BCUT2D eigenvalue weighted by Crippen LogP contribution is -2.49. The van der Waals surface area contributed by atoms with Crippen molar-refractivity contribution in [2.45, 2.75) is 6.92 Å². The molecule has 2 aromatic heterocycles. The van der Waals surface area contributed by atoms with Gasteiger partial charge in [-0.25, -0.2) is 9.97 Å². The second-order valence-corrected chi connectivity index (χ2v) is 7.62. The van der Waals surface area contributed by atoms with Gasteiger partial charge in [0.1, 0.15) is 17.5 Å². The van der Waals surface area contributed by atoms with Crippen molar-refractivity contribution in [3.63, 3.8) is 0 Å². The molecule has 1 aliphatic heterocycles. The number of piperazine rings is 1. The second-order valence-electron chi connectivity index (χ2n) is 5.91. The number of nitrogens with zero attached hydrogens (tertiary/aromatic N) is 5. The van der Waals surface area contributed by atoms with E-state index in [1.807, 2.05) is 36.9 Å². The van der Waals surface area contributed by atoms with Crippen LogP contribution in [0, 0.1) is 6.92 Å². The standard InChI is InChI=1S/C16H20ClN5OS/c1-11-18-14(20(2)3)10-15(19-11)21-6-8-22(9-7-21)16(23)12-4-5-13(17)24-12/h4-5,10H,6-9H2,1-3H3. The summed E-state index contributed by atoms with van der Waals surface area (Å²) in [6.07, 6.45) is 0. The molecule has 0 atom stereocenters. The van der Waals surface area contributed by atoms with Crippen LogP contribution in [0.3, 0.4) is 0 Å². The number of hydrogen-bond acceptors (Lipinski definition) is 6. The summed E-state index contributed by atoms with van der Waals surface area (Å²) in [5, 5.41) is 0. The first kappa shape index (κ1) is 17.0. The van der Waals surface area contributed by atoms with Crippen molar-refractivity contribution in [3.8, 4) is 0 Å². The van der Waals surface area contributed by atoms with E-state index in [1.165, 1.54) is 11.3 Å². The molecule has 3 heterocycles. The lowest BCUT2D eigenvalue weighted by atomic mass is 10.3. The second kappa shape index (κ2) is 6.94. The number of halogens is 1. The highest BCUT2D eigenvalue weighted by Gasteiger charge is 2.24. The van der Waals surface area contributed by atoms with Crippen LogP contribution in [0.2, 0.25) is 4.34 Å². The van der Waals surface area contributed by atoms with Gasteiger partial charge >= 0.3 is 0 Å². The van der Waals surface area contributed by atoms with Gasteiger partial charge in [-0.2, -0.15) is 0 Å². The zero-order chi connectivity index (χ0) is 17.3. The Kier molecular flexibility index (Phi) is 4.91. The van der Waals surface area contributed by atoms with Gasteiger partial charge in [-0.1, -0.05) is 11.6 Å². The lowest BCUT2D eigenvalue weighted by molar-refractivity contribution is 0.0751. The Hall–Kier alpha value is -1.86. The molecule has 1 saturated heterocycles. The number of aromatic nitrogens is 2. The first-order chi connectivity index (χ1) is 11.4. The highest BCUT2D eigenvalue weighted by molar-refractivity contribution is 7.17. The van der Waals surface area contributed by atoms with Crippen LogP contribution >= 0.6 is 22.9 Å². The summed E-state index contributed by atoms with van der Waals surface area (Å²) in [5.74, 6) is 2.61. The molecule has 3 rings (SSSR count). The van der Waals surface area contributed by atoms with Crippen molar-refractivity contribution in [1.29, 1.82) is 0 Å². The first-order valence-electron chi connectivity index (χ1n) is 7.76. The average Bonchev–Trinajstić information content (AvgIpc) is 3.00. The maximum Gasteiger partial charge on any atom is 0.264 e. The average molecular weight is 366 g/mol. The fourth-order valence-corrected chi connectivity index (χ4v) is 3.66. The first-order valence-corrected chi connectivity index (χ1v) is 8.96. The van der Waals surface area contributed by atoms with E-state index in [4.69, 9.17) is 11.6 Å². The predicted molar refractivity (Wildman–Crippen MR) is 98.5 cm³/mol. The number of amides is 1. The molecule has 1 fully saturated rings. The fourth-order valence-electron chi connectivity index (χ4n) is 2.65. The van der Waals surface area contributed by atoms with Crippen LogP contribution in [-0.2, 0) is 0 Å². The molecule has 24 heavy (non-hydrogen) atoms. The zero-order valence-electron chi connectivity index (χ0n) is 14.0. The number of hydrogen-bond donors (Lipinski definition) is 0. The summed E-state index contributed by atoms with van der Waals surface area (Å²) in [6.45, 7) is 4.77. The fraction of sp³-hybridized carbons (Fsp3) is 0.438. The minimum absolute atomic E-state index is 0.0550. The van der Waals surface area contributed by atoms with Crippen molar-refractivity contribution in [2.24, 2.45) is 0 Å². The molecule has 0 saturated carbocycles. The minimum atomic E-state index is 0.0550. The van der Waals surface area contributed by atoms with Crippen molar-refractivity contribution >= 4 is 40.5 Å². The molecule has 1 aliphatic rings. The van der Waals surface area contributed by atoms with Crippen molar-refractivity contribution < 1.29 is 4.79 Å². The number of carbonyl (C=O) groups excluding carboxylic acids is 1. The molecule has 6 nitrogen and oxygen atoms in total. The molecule has 1 amide bonds. The van der Waals surface area contributed by atoms with Gasteiger partial charge in [-0.3, -0.25) is 4.79 Å². The van der Waals surface area contributed by atoms with E-state index in [0.717, 1.165) is 30.5 Å². The SMILES string of the molecule is Cc1nc(N(C)C)cc(N2CCN(C(=O)c3ccc(Cl)s3)CC2)n1. The van der Waals surface area contributed by atoms with Gasteiger partial charge < -0.3 is 14.7 Å². The summed E-state index contributed by atoms with van der Waals surface area (Å²) < 4.78 is 0.643. The Morgan fingerprint density at radius 3 is 2.50 bits per heavy atom. The molecule has 8 heteroatoms. The largest absolute Gasteiger partial charge is 0.363 e. The van der Waals surface area contributed by atoms with Gasteiger partial charge in [0.15, 0.2) is 0 Å². The maximum atomic E-state index is 12.5. The third-order valence-electron chi connectivity index (χ3n) is 3.94. The van der Waals surface area contributed by atoms with E-state index >= 15 is 0 Å². The summed E-state index contributed by atoms with van der Waals surface area (Å²) in [5.41, 5.74) is 0. The summed E-state index contributed by atoms with van der Waals surface area (Å²) in [6, 6.07) is 5.55. The van der Waals surface area contributed by atoms with Crippen LogP contribution in [0.5, 0.6) is 0 Å². The van der Waals surface area contributed by atoms with Crippen LogP contribution in [0.15, 0.2) is 18.2 Å². The molecule has 2 aromatic rings. The minimum Gasteiger partial charge on any atom is -0.363 e. The quantitative estimate of drug-likeness (QED) is 0.836. The number of rotatable bonds is 3. The summed E-state index contributed by atoms with van der Waals surface area (Å²) in [7, 11) is 3.93. The molecule has 0 radical (unpaired) electrons. The van der Waals surface area contributed by atoms with Gasteiger partial charge in [0.2, 0.25) is 0 Å². The Morgan fingerprint density at radius 1 is 1.21 bits per heavy atom. The van der Waals surface area contributed by atoms with E-state index < -0.39 is 0 Å². The smallest absolute Gasteiger partial charge is 0.264 e. The van der Waals surface area contributed by atoms with Crippen LogP contribution in [0.4, 0.5) is 11.6 Å². The van der Waals surface area contributed by atoms with Crippen molar-refractivity contribution in [1.82, 2.24) is 14.9 Å². The van der Waals surface area contributed by atoms with E-state index in [2.05, 4.69) is 14.9 Å². The molecule has 0 aliphatic carbocycles. The highest BCUT2D eigenvalue weighted by atomic mass is 35.5. The molecule has 128 valence electrons. The number of anilines is 2. The Morgan fingerprint density at radius 2 is 1.92 bits per heavy atom. The van der Waals surface area contributed by atoms with E-state index in [0.29, 0.717) is 22.3 Å². The third-order valence-corrected chi connectivity index (χ3v) is 5.16. The van der Waals surface area contributed by atoms with Crippen molar-refractivity contribution in [3.05, 3.63) is 33.2 Å². The molecule has 0 bridgehead atoms. The van der Waals surface area contributed by atoms with Gasteiger partial charge in [0.05, 0.1) is 9.21 Å². The predicted octanol–water partition coefficient (Wildman–Crippen LogP) is 2.53. The molecule has 0 aromatic carbocycles. The van der Waals surface area contributed by atoms with E-state index in [-0.39, 0.29) is 5.91 Å². The van der Waals surface area contributed by atoms with Crippen LogP contribution in [0.1, 0.15) is 15.5 Å². The van der Waals surface area contributed by atoms with Crippen LogP contribution in [-0.4, -0.2) is 61.0 Å². The summed E-state index contributed by atoms with van der Waals surface area (Å²) in [4.78, 5) is 28.2. The number of thiophene rings is 1. The number of carbonyl (C=O) groups is 1. The van der Waals surface area contributed by atoms with Crippen LogP contribution < -0.4 is 9.80 Å². The van der Waals surface area contributed by atoms with Crippen molar-refractivity contribution in [2.75, 3.05) is 50.1 Å². The third kappa shape index (κ3) is 3.62. The Balaban J connectivity index is 1.68. The Labute approximate surface area is 150 Å². The molecule has 0 N–H and O–H groups in total. The van der Waals surface area contributed by atoms with Crippen LogP contribution in [0.25, 0.3) is 0 Å². The monoisotopic (exact) mass is 365 g/mol. The lowest BCUT2D eigenvalue weighted by Gasteiger charge is -2.35. The van der Waals surface area contributed by atoms with Gasteiger partial charge in [0.25, 0.3) is 5.91 Å². The molecular weight excluding hydrogens is 346 g/mol. The van der Waals surface area contributed by atoms with Gasteiger partial charge in [-0.15, -0.1) is 11.3 Å². The highest BCUT2D eigenvalue weighted by Crippen LogP contribution is 2.24. The number of aryl methyl sites for hydroxylation is 1. The molecule has 0 spiro atoms. The Bertz CT molecular complexity index is 740. The summed E-state index contributed by atoms with van der Waals surface area (Å²) >= 11 is 7.25. The maximum absolute atomic E-state index is 12.5. The van der Waals surface area contributed by atoms with Gasteiger partial charge in [0, 0.05) is 46.3 Å².